The van der Waals surface area contributed by atoms with E-state index in [-0.39, 0.29) is 30.7 Å². The number of sulfonamides is 1. The Balaban J connectivity index is 2.34. The van der Waals surface area contributed by atoms with E-state index >= 15 is 0 Å². The van der Waals surface area contributed by atoms with Crippen LogP contribution in [0.3, 0.4) is 0 Å². The average Bonchev–Trinajstić information content (AvgIpc) is 2.68. The van der Waals surface area contributed by atoms with Gasteiger partial charge >= 0.3 is 0 Å². The Morgan fingerprint density at radius 1 is 1.47 bits per heavy atom. The van der Waals surface area contributed by atoms with Crippen LogP contribution in [0.5, 0.6) is 0 Å². The summed E-state index contributed by atoms with van der Waals surface area (Å²) in [6.07, 6.45) is -0.723. The van der Waals surface area contributed by atoms with E-state index < -0.39 is 16.1 Å². The van der Waals surface area contributed by atoms with E-state index in [0.29, 0.717) is 11.4 Å². The first-order chi connectivity index (χ1) is 8.86. The third-order valence-electron chi connectivity index (χ3n) is 3.15. The van der Waals surface area contributed by atoms with Crippen LogP contribution in [0.25, 0.3) is 0 Å². The number of morpholine rings is 1. The second kappa shape index (κ2) is 5.20. The Hall–Kier alpha value is -0.960. The average molecular weight is 289 g/mol. The Morgan fingerprint density at radius 2 is 2.16 bits per heavy atom. The lowest BCUT2D eigenvalue weighted by atomic mass is 10.2. The first-order valence-electron chi connectivity index (χ1n) is 6.14. The highest BCUT2D eigenvalue weighted by Crippen LogP contribution is 2.24. The van der Waals surface area contributed by atoms with Gasteiger partial charge in [0.15, 0.2) is 0 Å². The summed E-state index contributed by atoms with van der Waals surface area (Å²) in [6.45, 7) is 5.37. The number of hydrogen-bond donors (Lipinski definition) is 2. The molecule has 2 heterocycles. The topological polar surface area (TPSA) is 95.5 Å². The van der Waals surface area contributed by atoms with Crippen LogP contribution in [0, 0.1) is 13.8 Å². The number of aromatic amines is 1. The lowest BCUT2D eigenvalue weighted by Gasteiger charge is -2.35. The number of hydrogen-bond acceptors (Lipinski definition) is 5. The van der Waals surface area contributed by atoms with Gasteiger partial charge in [-0.1, -0.05) is 0 Å². The van der Waals surface area contributed by atoms with Gasteiger partial charge in [0, 0.05) is 13.1 Å². The zero-order valence-corrected chi connectivity index (χ0v) is 12.1. The molecule has 8 heteroatoms. The molecule has 1 aliphatic rings. The van der Waals surface area contributed by atoms with Gasteiger partial charge in [-0.3, -0.25) is 5.10 Å². The molecule has 1 aliphatic heterocycles. The van der Waals surface area contributed by atoms with Gasteiger partial charge in [0.25, 0.3) is 0 Å². The summed E-state index contributed by atoms with van der Waals surface area (Å²) >= 11 is 0. The molecule has 1 aromatic heterocycles. The fourth-order valence-electron chi connectivity index (χ4n) is 2.35. The van der Waals surface area contributed by atoms with Crippen molar-refractivity contribution in [2.75, 3.05) is 19.7 Å². The monoisotopic (exact) mass is 289 g/mol. The van der Waals surface area contributed by atoms with Crippen LogP contribution < -0.4 is 0 Å². The Kier molecular flexibility index (Phi) is 3.95. The molecule has 0 aliphatic carbocycles. The molecule has 1 saturated heterocycles. The van der Waals surface area contributed by atoms with Crippen molar-refractivity contribution < 1.29 is 18.3 Å². The predicted molar refractivity (Wildman–Crippen MR) is 68.2 cm³/mol. The molecule has 2 unspecified atom stereocenters. The number of ether oxygens (including phenoxy) is 1. The van der Waals surface area contributed by atoms with Crippen LogP contribution in [-0.2, 0) is 14.8 Å². The van der Waals surface area contributed by atoms with E-state index in [1.807, 2.05) is 0 Å². The van der Waals surface area contributed by atoms with Crippen LogP contribution in [0.4, 0.5) is 0 Å². The van der Waals surface area contributed by atoms with E-state index in [1.54, 1.807) is 20.8 Å². The molecule has 0 amide bonds. The first-order valence-corrected chi connectivity index (χ1v) is 7.58. The number of rotatable bonds is 3. The van der Waals surface area contributed by atoms with E-state index in [4.69, 9.17) is 9.84 Å². The van der Waals surface area contributed by atoms with Crippen LogP contribution >= 0.6 is 0 Å². The zero-order valence-electron chi connectivity index (χ0n) is 11.3. The highest BCUT2D eigenvalue weighted by molar-refractivity contribution is 7.89. The van der Waals surface area contributed by atoms with Crippen molar-refractivity contribution >= 4 is 10.0 Å². The van der Waals surface area contributed by atoms with Crippen LogP contribution in [-0.4, -0.2) is 59.9 Å². The smallest absolute Gasteiger partial charge is 0.246 e. The van der Waals surface area contributed by atoms with Gasteiger partial charge in [-0.25, -0.2) is 8.42 Å². The highest BCUT2D eigenvalue weighted by Gasteiger charge is 2.36. The summed E-state index contributed by atoms with van der Waals surface area (Å²) in [4.78, 5) is 0.221. The molecule has 2 rings (SSSR count). The SMILES string of the molecule is Cc1n[nH]c(C)c1S(=O)(=O)N1CC(C)OC(CO)C1. The molecule has 108 valence electrons. The molecule has 7 nitrogen and oxygen atoms in total. The molecule has 0 spiro atoms. The summed E-state index contributed by atoms with van der Waals surface area (Å²) in [5.74, 6) is 0. The highest BCUT2D eigenvalue weighted by atomic mass is 32.2. The van der Waals surface area contributed by atoms with E-state index in [0.717, 1.165) is 0 Å². The predicted octanol–water partition coefficient (Wildman–Crippen LogP) is -0.203. The number of nitrogens with one attached hydrogen (secondary N) is 1. The quantitative estimate of drug-likeness (QED) is 0.803. The van der Waals surface area contributed by atoms with Crippen LogP contribution in [0.2, 0.25) is 0 Å². The van der Waals surface area contributed by atoms with Crippen molar-refractivity contribution in [1.29, 1.82) is 0 Å². The third kappa shape index (κ3) is 2.66. The van der Waals surface area contributed by atoms with Gasteiger partial charge in [0.05, 0.1) is 30.2 Å². The van der Waals surface area contributed by atoms with Gasteiger partial charge < -0.3 is 9.84 Å². The largest absolute Gasteiger partial charge is 0.394 e. The maximum atomic E-state index is 12.6. The van der Waals surface area contributed by atoms with Crippen LogP contribution in [0.1, 0.15) is 18.3 Å². The van der Waals surface area contributed by atoms with Gasteiger partial charge in [0.2, 0.25) is 10.0 Å². The molecule has 0 radical (unpaired) electrons. The molecular weight excluding hydrogens is 270 g/mol. The fraction of sp³-hybridized carbons (Fsp3) is 0.727. The van der Waals surface area contributed by atoms with E-state index in [1.165, 1.54) is 4.31 Å². The first kappa shape index (κ1) is 14.4. The number of H-pyrrole nitrogens is 1. The minimum atomic E-state index is -3.61. The minimum Gasteiger partial charge on any atom is -0.394 e. The lowest BCUT2D eigenvalue weighted by molar-refractivity contribution is -0.0750. The zero-order chi connectivity index (χ0) is 14.2. The number of aliphatic hydroxyl groups excluding tert-OH is 1. The Labute approximate surface area is 112 Å². The maximum Gasteiger partial charge on any atom is 0.246 e. The van der Waals surface area contributed by atoms with E-state index in [9.17, 15) is 8.42 Å². The normalized spacial score (nSPS) is 25.7. The molecule has 0 saturated carbocycles. The number of aromatic nitrogens is 2. The summed E-state index contributed by atoms with van der Waals surface area (Å²) in [6, 6.07) is 0. The van der Waals surface area contributed by atoms with Crippen molar-refractivity contribution in [3.63, 3.8) is 0 Å². The van der Waals surface area contributed by atoms with Crippen molar-refractivity contribution in [2.45, 2.75) is 37.9 Å². The number of nitrogens with zero attached hydrogens (tertiary/aromatic N) is 2. The lowest BCUT2D eigenvalue weighted by Crippen LogP contribution is -2.50. The summed E-state index contributed by atoms with van der Waals surface area (Å²) in [5.41, 5.74) is 0.981. The Morgan fingerprint density at radius 3 is 2.68 bits per heavy atom. The molecular formula is C11H19N3O4S. The minimum absolute atomic E-state index is 0.160. The second-order valence-electron chi connectivity index (χ2n) is 4.84. The maximum absolute atomic E-state index is 12.6. The third-order valence-corrected chi connectivity index (χ3v) is 5.25. The molecule has 2 N–H and O–H groups in total. The molecule has 0 bridgehead atoms. The van der Waals surface area contributed by atoms with Crippen molar-refractivity contribution in [1.82, 2.24) is 14.5 Å². The summed E-state index contributed by atoms with van der Waals surface area (Å²) in [5, 5.41) is 15.8. The van der Waals surface area contributed by atoms with Gasteiger partial charge in [-0.15, -0.1) is 0 Å². The second-order valence-corrected chi connectivity index (χ2v) is 6.71. The van der Waals surface area contributed by atoms with Crippen molar-refractivity contribution in [3.05, 3.63) is 11.4 Å². The molecule has 1 fully saturated rings. The van der Waals surface area contributed by atoms with Crippen molar-refractivity contribution in [3.8, 4) is 0 Å². The van der Waals surface area contributed by atoms with Gasteiger partial charge in [-0.05, 0) is 20.8 Å². The fourth-order valence-corrected chi connectivity index (χ4v) is 4.23. The number of aryl methyl sites for hydroxylation is 2. The molecule has 2 atom stereocenters. The summed E-state index contributed by atoms with van der Waals surface area (Å²) < 4.78 is 32.1. The van der Waals surface area contributed by atoms with Crippen molar-refractivity contribution in [2.24, 2.45) is 0 Å². The Bertz CT molecular complexity index is 535. The van der Waals surface area contributed by atoms with Crippen LogP contribution in [0.15, 0.2) is 4.90 Å². The van der Waals surface area contributed by atoms with Gasteiger partial charge in [-0.2, -0.15) is 9.40 Å². The standard InChI is InChI=1S/C11H19N3O4S/c1-7-4-14(5-10(6-15)18-7)19(16,17)11-8(2)12-13-9(11)3/h7,10,15H,4-6H2,1-3H3,(H,12,13). The summed E-state index contributed by atoms with van der Waals surface area (Å²) in [7, 11) is -3.61. The molecule has 0 aromatic carbocycles. The molecule has 19 heavy (non-hydrogen) atoms. The van der Waals surface area contributed by atoms with Gasteiger partial charge in [0.1, 0.15) is 4.90 Å². The number of aliphatic hydroxyl groups is 1. The molecule has 1 aromatic rings. The van der Waals surface area contributed by atoms with E-state index in [2.05, 4.69) is 10.2 Å².